The zero-order valence-electron chi connectivity index (χ0n) is 26.2. The summed E-state index contributed by atoms with van der Waals surface area (Å²) >= 11 is 0. The molecule has 0 aliphatic carbocycles. The predicted molar refractivity (Wildman–Crippen MR) is 178 cm³/mol. The van der Waals surface area contributed by atoms with Crippen LogP contribution in [0.15, 0.2) is 114 Å². The molecular formula is C36H41N3O5S. The van der Waals surface area contributed by atoms with Gasteiger partial charge in [0.15, 0.2) is 0 Å². The van der Waals surface area contributed by atoms with E-state index < -0.39 is 28.5 Å². The van der Waals surface area contributed by atoms with Crippen LogP contribution < -0.4 is 14.4 Å². The van der Waals surface area contributed by atoms with Crippen molar-refractivity contribution in [3.05, 3.63) is 120 Å². The highest BCUT2D eigenvalue weighted by molar-refractivity contribution is 7.92. The molecule has 0 aromatic heterocycles. The Balaban J connectivity index is 1.70. The molecule has 0 saturated carbocycles. The first-order valence-electron chi connectivity index (χ1n) is 15.1. The molecule has 8 nitrogen and oxygen atoms in total. The number of carbonyl (C=O) groups excluding carboxylic acids is 2. The Kier molecular flexibility index (Phi) is 11.4. The molecule has 4 aromatic rings. The normalized spacial score (nSPS) is 11.9. The van der Waals surface area contributed by atoms with Crippen molar-refractivity contribution >= 4 is 27.5 Å². The van der Waals surface area contributed by atoms with Crippen molar-refractivity contribution in [3.63, 3.8) is 0 Å². The molecule has 45 heavy (non-hydrogen) atoms. The Morgan fingerprint density at radius 3 is 2.04 bits per heavy atom. The third-order valence-electron chi connectivity index (χ3n) is 7.22. The highest BCUT2D eigenvalue weighted by Crippen LogP contribution is 2.28. The third kappa shape index (κ3) is 8.95. The number of sulfonamides is 1. The van der Waals surface area contributed by atoms with Crippen molar-refractivity contribution < 1.29 is 22.7 Å². The topological polar surface area (TPSA) is 96.0 Å². The van der Waals surface area contributed by atoms with E-state index in [1.165, 1.54) is 17.0 Å². The number of nitrogens with one attached hydrogen (secondary N) is 1. The number of aryl methyl sites for hydroxylation is 1. The first-order chi connectivity index (χ1) is 21.6. The average Bonchev–Trinajstić information content (AvgIpc) is 3.03. The van der Waals surface area contributed by atoms with Gasteiger partial charge in [0, 0.05) is 13.1 Å². The first-order valence-corrected chi connectivity index (χ1v) is 16.6. The van der Waals surface area contributed by atoms with Gasteiger partial charge in [-0.2, -0.15) is 0 Å². The van der Waals surface area contributed by atoms with E-state index in [4.69, 9.17) is 4.74 Å². The maximum Gasteiger partial charge on any atom is 0.264 e. The van der Waals surface area contributed by atoms with Crippen LogP contribution in [0.5, 0.6) is 11.5 Å². The zero-order valence-corrected chi connectivity index (χ0v) is 27.0. The standard InChI is InChI=1S/C36H41N3O5S/c1-5-34(36(41)37-24-27(2)3)38(25-29-14-12-13-28(4)23-29)35(40)26-39(45(42,43)33-17-10-7-11-18-33)30-19-21-32(22-20-30)44-31-15-8-6-9-16-31/h6-23,27,34H,5,24-26H2,1-4H3,(H,37,41)/t34-/m0/s1. The third-order valence-corrected chi connectivity index (χ3v) is 9.01. The summed E-state index contributed by atoms with van der Waals surface area (Å²) in [5.41, 5.74) is 2.15. The number of benzene rings is 4. The molecule has 2 amide bonds. The van der Waals surface area contributed by atoms with E-state index in [2.05, 4.69) is 5.32 Å². The summed E-state index contributed by atoms with van der Waals surface area (Å²) in [6.07, 6.45) is 0.360. The van der Waals surface area contributed by atoms with Gasteiger partial charge in [-0.1, -0.05) is 87.0 Å². The predicted octanol–water partition coefficient (Wildman–Crippen LogP) is 6.56. The van der Waals surface area contributed by atoms with Crippen LogP contribution in [0.4, 0.5) is 5.69 Å². The van der Waals surface area contributed by atoms with Gasteiger partial charge in [0.1, 0.15) is 24.1 Å². The Hall–Kier alpha value is -4.63. The molecule has 0 bridgehead atoms. The Bertz CT molecular complexity index is 1660. The molecule has 0 fully saturated rings. The Labute approximate surface area is 266 Å². The minimum Gasteiger partial charge on any atom is -0.457 e. The lowest BCUT2D eigenvalue weighted by atomic mass is 10.1. The fourth-order valence-electron chi connectivity index (χ4n) is 4.90. The van der Waals surface area contributed by atoms with Gasteiger partial charge < -0.3 is 15.0 Å². The highest BCUT2D eigenvalue weighted by Gasteiger charge is 2.33. The number of hydrogen-bond donors (Lipinski definition) is 1. The van der Waals surface area contributed by atoms with Gasteiger partial charge in [0.2, 0.25) is 11.8 Å². The first kappa shape index (κ1) is 33.3. The molecule has 1 atom stereocenters. The fraction of sp³-hybridized carbons (Fsp3) is 0.278. The monoisotopic (exact) mass is 627 g/mol. The van der Waals surface area contributed by atoms with E-state index in [9.17, 15) is 18.0 Å². The molecule has 0 radical (unpaired) electrons. The average molecular weight is 628 g/mol. The zero-order chi connectivity index (χ0) is 32.4. The lowest BCUT2D eigenvalue weighted by Gasteiger charge is -2.33. The smallest absolute Gasteiger partial charge is 0.264 e. The second-order valence-corrected chi connectivity index (χ2v) is 13.2. The fourth-order valence-corrected chi connectivity index (χ4v) is 6.34. The number of carbonyl (C=O) groups is 2. The summed E-state index contributed by atoms with van der Waals surface area (Å²) in [5, 5.41) is 2.95. The van der Waals surface area contributed by atoms with Gasteiger partial charge in [-0.05, 0) is 73.4 Å². The van der Waals surface area contributed by atoms with Crippen molar-refractivity contribution in [3.8, 4) is 11.5 Å². The molecule has 4 rings (SSSR count). The van der Waals surface area contributed by atoms with Crippen LogP contribution in [0.3, 0.4) is 0 Å². The SMILES string of the molecule is CC[C@@H](C(=O)NCC(C)C)N(Cc1cccc(C)c1)C(=O)CN(c1ccc(Oc2ccccc2)cc1)S(=O)(=O)c1ccccc1. The van der Waals surface area contributed by atoms with E-state index in [0.29, 0.717) is 30.2 Å². The highest BCUT2D eigenvalue weighted by atomic mass is 32.2. The largest absolute Gasteiger partial charge is 0.457 e. The van der Waals surface area contributed by atoms with Gasteiger partial charge >= 0.3 is 0 Å². The lowest BCUT2D eigenvalue weighted by molar-refractivity contribution is -0.140. The lowest BCUT2D eigenvalue weighted by Crippen LogP contribution is -2.52. The quantitative estimate of drug-likeness (QED) is 0.171. The van der Waals surface area contributed by atoms with E-state index in [1.807, 2.05) is 82.3 Å². The Morgan fingerprint density at radius 2 is 1.44 bits per heavy atom. The van der Waals surface area contributed by atoms with Crippen molar-refractivity contribution in [2.75, 3.05) is 17.4 Å². The number of hydrogen-bond acceptors (Lipinski definition) is 5. The summed E-state index contributed by atoms with van der Waals surface area (Å²) in [7, 11) is -4.16. The molecule has 0 aliphatic heterocycles. The number of amides is 2. The van der Waals surface area contributed by atoms with Crippen LogP contribution in [0.1, 0.15) is 38.3 Å². The number of rotatable bonds is 14. The summed E-state index contributed by atoms with van der Waals surface area (Å²) in [6.45, 7) is 7.92. The summed E-state index contributed by atoms with van der Waals surface area (Å²) in [6, 6.07) is 30.7. The van der Waals surface area contributed by atoms with Crippen LogP contribution in [-0.4, -0.2) is 44.3 Å². The maximum atomic E-state index is 14.3. The van der Waals surface area contributed by atoms with E-state index in [-0.39, 0.29) is 23.3 Å². The number of ether oxygens (including phenoxy) is 1. The maximum absolute atomic E-state index is 14.3. The van der Waals surface area contributed by atoms with Crippen LogP contribution >= 0.6 is 0 Å². The van der Waals surface area contributed by atoms with Gasteiger partial charge in [0.05, 0.1) is 10.6 Å². The molecule has 0 spiro atoms. The second-order valence-electron chi connectivity index (χ2n) is 11.3. The molecule has 0 aliphatic rings. The minimum absolute atomic E-state index is 0.0503. The molecule has 1 N–H and O–H groups in total. The van der Waals surface area contributed by atoms with Gasteiger partial charge in [-0.25, -0.2) is 8.42 Å². The van der Waals surface area contributed by atoms with E-state index in [1.54, 1.807) is 42.5 Å². The Morgan fingerprint density at radius 1 is 0.822 bits per heavy atom. The summed E-state index contributed by atoms with van der Waals surface area (Å²) < 4.78 is 35.1. The molecule has 4 aromatic carbocycles. The van der Waals surface area contributed by atoms with Crippen molar-refractivity contribution in [2.24, 2.45) is 5.92 Å². The van der Waals surface area contributed by atoms with Gasteiger partial charge in [-0.3, -0.25) is 13.9 Å². The molecule has 0 unspecified atom stereocenters. The molecule has 0 saturated heterocycles. The van der Waals surface area contributed by atoms with Crippen molar-refractivity contribution in [1.82, 2.24) is 10.2 Å². The van der Waals surface area contributed by atoms with Gasteiger partial charge in [-0.15, -0.1) is 0 Å². The molecule has 0 heterocycles. The minimum atomic E-state index is -4.16. The van der Waals surface area contributed by atoms with Gasteiger partial charge in [0.25, 0.3) is 10.0 Å². The molecule has 9 heteroatoms. The number of para-hydroxylation sites is 1. The van der Waals surface area contributed by atoms with Crippen LogP contribution in [0, 0.1) is 12.8 Å². The number of anilines is 1. The molecule has 236 valence electrons. The van der Waals surface area contributed by atoms with Crippen LogP contribution in [0.25, 0.3) is 0 Å². The number of nitrogens with zero attached hydrogens (tertiary/aromatic N) is 2. The summed E-state index contributed by atoms with van der Waals surface area (Å²) in [5.74, 6) is 0.622. The summed E-state index contributed by atoms with van der Waals surface area (Å²) in [4.78, 5) is 29.2. The van der Waals surface area contributed by atoms with Crippen LogP contribution in [-0.2, 0) is 26.2 Å². The van der Waals surface area contributed by atoms with Crippen molar-refractivity contribution in [1.29, 1.82) is 0 Å². The van der Waals surface area contributed by atoms with Crippen molar-refractivity contribution in [2.45, 2.75) is 51.6 Å². The van der Waals surface area contributed by atoms with E-state index in [0.717, 1.165) is 15.4 Å². The van der Waals surface area contributed by atoms with Crippen LogP contribution in [0.2, 0.25) is 0 Å². The molecular weight excluding hydrogens is 586 g/mol. The van der Waals surface area contributed by atoms with E-state index >= 15 is 0 Å². The second kappa shape index (κ2) is 15.4.